The van der Waals surface area contributed by atoms with E-state index in [0.29, 0.717) is 25.8 Å². The van der Waals surface area contributed by atoms with Crippen LogP contribution in [0.4, 0.5) is 0 Å². The number of likely N-dealkylation sites (tertiary alicyclic amines) is 1. The molecule has 3 atom stereocenters. The first kappa shape index (κ1) is 21.6. The zero-order chi connectivity index (χ0) is 20.7. The minimum Gasteiger partial charge on any atom is -0.481 e. The number of hydrogen-bond acceptors (Lipinski definition) is 6. The minimum absolute atomic E-state index is 0.146. The van der Waals surface area contributed by atoms with E-state index < -0.39 is 42.4 Å². The van der Waals surface area contributed by atoms with E-state index in [2.05, 4.69) is 16.0 Å². The van der Waals surface area contributed by atoms with Gasteiger partial charge in [-0.1, -0.05) is 0 Å². The number of rotatable bonds is 9. The first-order chi connectivity index (χ1) is 13.3. The summed E-state index contributed by atoms with van der Waals surface area (Å²) in [6.45, 7) is 0.557. The van der Waals surface area contributed by atoms with Gasteiger partial charge in [0.2, 0.25) is 17.7 Å². The fourth-order valence-corrected chi connectivity index (χ4v) is 3.49. The van der Waals surface area contributed by atoms with Gasteiger partial charge in [-0.05, 0) is 38.6 Å². The van der Waals surface area contributed by atoms with Crippen LogP contribution in [0.2, 0.25) is 0 Å². The summed E-state index contributed by atoms with van der Waals surface area (Å²) in [6.07, 6.45) is 2.15. The van der Waals surface area contributed by atoms with Crippen molar-refractivity contribution in [1.82, 2.24) is 20.9 Å². The SMILES string of the molecule is O=C(O)CCC(NC(=O)C1CCCN1C(=O)C1CCCN1)C(=O)NCC(=O)O. The van der Waals surface area contributed by atoms with Crippen molar-refractivity contribution < 1.29 is 34.2 Å². The first-order valence-corrected chi connectivity index (χ1v) is 9.35. The molecule has 2 saturated heterocycles. The van der Waals surface area contributed by atoms with Crippen LogP contribution in [0.1, 0.15) is 38.5 Å². The zero-order valence-corrected chi connectivity index (χ0v) is 15.5. The van der Waals surface area contributed by atoms with Gasteiger partial charge in [0.15, 0.2) is 0 Å². The molecule has 0 aromatic rings. The van der Waals surface area contributed by atoms with Crippen LogP contribution >= 0.6 is 0 Å². The molecule has 0 saturated carbocycles. The van der Waals surface area contributed by atoms with Crippen LogP contribution in [0.15, 0.2) is 0 Å². The van der Waals surface area contributed by atoms with Crippen LogP contribution in [-0.4, -0.2) is 82.5 Å². The zero-order valence-electron chi connectivity index (χ0n) is 15.5. The van der Waals surface area contributed by atoms with E-state index in [1.165, 1.54) is 4.90 Å². The van der Waals surface area contributed by atoms with Crippen LogP contribution in [-0.2, 0) is 24.0 Å². The van der Waals surface area contributed by atoms with E-state index in [9.17, 15) is 24.0 Å². The van der Waals surface area contributed by atoms with Crippen molar-refractivity contribution in [3.63, 3.8) is 0 Å². The lowest BCUT2D eigenvalue weighted by Crippen LogP contribution is -2.55. The quantitative estimate of drug-likeness (QED) is 0.306. The third-order valence-corrected chi connectivity index (χ3v) is 4.89. The van der Waals surface area contributed by atoms with E-state index in [4.69, 9.17) is 10.2 Å². The maximum absolute atomic E-state index is 12.7. The van der Waals surface area contributed by atoms with Crippen LogP contribution in [0.5, 0.6) is 0 Å². The number of carboxylic acids is 2. The van der Waals surface area contributed by atoms with E-state index in [1.54, 1.807) is 0 Å². The summed E-state index contributed by atoms with van der Waals surface area (Å²) < 4.78 is 0. The van der Waals surface area contributed by atoms with E-state index >= 15 is 0 Å². The molecule has 11 nitrogen and oxygen atoms in total. The van der Waals surface area contributed by atoms with Gasteiger partial charge in [-0.25, -0.2) is 0 Å². The maximum Gasteiger partial charge on any atom is 0.322 e. The lowest BCUT2D eigenvalue weighted by molar-refractivity contribution is -0.142. The lowest BCUT2D eigenvalue weighted by Gasteiger charge is -2.28. The summed E-state index contributed by atoms with van der Waals surface area (Å²) in [7, 11) is 0. The van der Waals surface area contributed by atoms with Crippen molar-refractivity contribution in [3.8, 4) is 0 Å². The Bertz CT molecular complexity index is 633. The van der Waals surface area contributed by atoms with Crippen LogP contribution < -0.4 is 16.0 Å². The number of carbonyl (C=O) groups is 5. The molecule has 2 fully saturated rings. The molecule has 0 radical (unpaired) electrons. The summed E-state index contributed by atoms with van der Waals surface area (Å²) in [5.41, 5.74) is 0. The van der Waals surface area contributed by atoms with Crippen molar-refractivity contribution in [2.45, 2.75) is 56.7 Å². The Morgan fingerprint density at radius 3 is 2.43 bits per heavy atom. The van der Waals surface area contributed by atoms with Crippen LogP contribution in [0.3, 0.4) is 0 Å². The number of aliphatic carboxylic acids is 2. The average Bonchev–Trinajstić information content (AvgIpc) is 3.33. The normalized spacial score (nSPS) is 22.5. The van der Waals surface area contributed by atoms with Gasteiger partial charge < -0.3 is 31.1 Å². The second-order valence-corrected chi connectivity index (χ2v) is 6.94. The number of carboxylic acid groups (broad SMARTS) is 2. The highest BCUT2D eigenvalue weighted by molar-refractivity contribution is 5.94. The molecule has 0 aromatic heterocycles. The Morgan fingerprint density at radius 2 is 1.82 bits per heavy atom. The minimum atomic E-state index is -1.26. The molecule has 0 spiro atoms. The van der Waals surface area contributed by atoms with E-state index in [-0.39, 0.29) is 24.8 Å². The van der Waals surface area contributed by atoms with Gasteiger partial charge in [0.1, 0.15) is 18.6 Å². The number of amides is 3. The molecule has 28 heavy (non-hydrogen) atoms. The lowest BCUT2D eigenvalue weighted by atomic mass is 10.1. The Morgan fingerprint density at radius 1 is 1.07 bits per heavy atom. The second kappa shape index (κ2) is 10.0. The number of nitrogens with one attached hydrogen (secondary N) is 3. The van der Waals surface area contributed by atoms with Crippen molar-refractivity contribution in [2.24, 2.45) is 0 Å². The van der Waals surface area contributed by atoms with Crippen LogP contribution in [0, 0.1) is 0 Å². The van der Waals surface area contributed by atoms with Crippen LogP contribution in [0.25, 0.3) is 0 Å². The van der Waals surface area contributed by atoms with E-state index in [0.717, 1.165) is 13.0 Å². The molecule has 5 N–H and O–H groups in total. The summed E-state index contributed by atoms with van der Waals surface area (Å²) in [6, 6.07) is -2.23. The third kappa shape index (κ3) is 5.91. The summed E-state index contributed by atoms with van der Waals surface area (Å²) >= 11 is 0. The van der Waals surface area contributed by atoms with Gasteiger partial charge in [0, 0.05) is 13.0 Å². The largest absolute Gasteiger partial charge is 0.481 e. The molecule has 11 heteroatoms. The smallest absolute Gasteiger partial charge is 0.322 e. The average molecular weight is 398 g/mol. The molecule has 0 bridgehead atoms. The Hall–Kier alpha value is -2.69. The topological polar surface area (TPSA) is 165 Å². The van der Waals surface area contributed by atoms with Crippen molar-refractivity contribution in [2.75, 3.05) is 19.6 Å². The molecule has 0 aliphatic carbocycles. The molecule has 3 amide bonds. The molecule has 2 aliphatic rings. The highest BCUT2D eigenvalue weighted by Gasteiger charge is 2.38. The molecule has 2 heterocycles. The Balaban J connectivity index is 2.01. The summed E-state index contributed by atoms with van der Waals surface area (Å²) in [5, 5.41) is 25.3. The standard InChI is InChI=1S/C17H26N4O7/c22-13(23)6-5-10(15(26)19-9-14(24)25)20-16(27)12-4-2-8-21(12)17(28)11-3-1-7-18-11/h10-12,18H,1-9H2,(H,19,26)(H,20,27)(H,22,23)(H,24,25). The van der Waals surface area contributed by atoms with Crippen molar-refractivity contribution >= 4 is 29.7 Å². The van der Waals surface area contributed by atoms with Gasteiger partial charge in [-0.15, -0.1) is 0 Å². The third-order valence-electron chi connectivity index (χ3n) is 4.89. The predicted octanol–water partition coefficient (Wildman–Crippen LogP) is -1.72. The Labute approximate surface area is 161 Å². The monoisotopic (exact) mass is 398 g/mol. The Kier molecular flexibility index (Phi) is 7.73. The van der Waals surface area contributed by atoms with Gasteiger partial charge in [0.25, 0.3) is 0 Å². The molecule has 2 rings (SSSR count). The molecule has 156 valence electrons. The maximum atomic E-state index is 12.7. The fraction of sp³-hybridized carbons (Fsp3) is 0.706. The number of carbonyl (C=O) groups excluding carboxylic acids is 3. The summed E-state index contributed by atoms with van der Waals surface area (Å²) in [4.78, 5) is 60.4. The fourth-order valence-electron chi connectivity index (χ4n) is 3.49. The first-order valence-electron chi connectivity index (χ1n) is 9.35. The molecular weight excluding hydrogens is 372 g/mol. The van der Waals surface area contributed by atoms with Crippen molar-refractivity contribution in [3.05, 3.63) is 0 Å². The van der Waals surface area contributed by atoms with Gasteiger partial charge in [-0.2, -0.15) is 0 Å². The van der Waals surface area contributed by atoms with Gasteiger partial charge in [0.05, 0.1) is 6.04 Å². The molecule has 2 aliphatic heterocycles. The highest BCUT2D eigenvalue weighted by atomic mass is 16.4. The molecule has 3 unspecified atom stereocenters. The number of nitrogens with zero attached hydrogens (tertiary/aromatic N) is 1. The van der Waals surface area contributed by atoms with E-state index in [1.807, 2.05) is 0 Å². The predicted molar refractivity (Wildman–Crippen MR) is 95.2 cm³/mol. The van der Waals surface area contributed by atoms with Gasteiger partial charge in [-0.3, -0.25) is 24.0 Å². The van der Waals surface area contributed by atoms with Gasteiger partial charge >= 0.3 is 11.9 Å². The molecular formula is C17H26N4O7. The van der Waals surface area contributed by atoms with Crippen molar-refractivity contribution in [1.29, 1.82) is 0 Å². The number of hydrogen-bond donors (Lipinski definition) is 5. The molecule has 0 aromatic carbocycles. The second-order valence-electron chi connectivity index (χ2n) is 6.94. The summed E-state index contributed by atoms with van der Waals surface area (Å²) in [5.74, 6) is -3.86. The highest BCUT2D eigenvalue weighted by Crippen LogP contribution is 2.21.